The van der Waals surface area contributed by atoms with Crippen LogP contribution in [0.3, 0.4) is 0 Å². The van der Waals surface area contributed by atoms with Crippen LogP contribution in [0.1, 0.15) is 0 Å². The van der Waals surface area contributed by atoms with Crippen molar-refractivity contribution >= 4 is 17.4 Å². The summed E-state index contributed by atoms with van der Waals surface area (Å²) in [6, 6.07) is 0. The summed E-state index contributed by atoms with van der Waals surface area (Å²) in [5.74, 6) is 0. The predicted molar refractivity (Wildman–Crippen MR) is 15.2 cm³/mol. The van der Waals surface area contributed by atoms with Crippen LogP contribution in [-0.2, 0) is 35.3 Å². The molecule has 0 unspecified atom stereocenters. The second kappa shape index (κ2) is 28.0. The minimum Gasteiger partial charge on any atom is -0.772 e. The molecule has 0 aromatic rings. The molecular weight excluding hydrogens is 217 g/mol. The van der Waals surface area contributed by atoms with E-state index in [1.54, 1.807) is 0 Å². The van der Waals surface area contributed by atoms with Gasteiger partial charge in [-0.2, -0.15) is 0 Å². The molecule has 0 radical (unpaired) electrons. The van der Waals surface area contributed by atoms with E-state index in [1.807, 2.05) is 0 Å². The molecule has 0 aliphatic heterocycles. The fourth-order valence-corrected chi connectivity index (χ4v) is 0. The Morgan fingerprint density at radius 3 is 1.00 bits per heavy atom. The summed E-state index contributed by atoms with van der Waals surface area (Å²) in [5.41, 5.74) is 0. The van der Waals surface area contributed by atoms with Crippen molar-refractivity contribution in [3.05, 3.63) is 0 Å². The maximum Gasteiger partial charge on any atom is 2.00 e. The smallest absolute Gasteiger partial charge is 0.772 e. The standard InChI is InChI=1S/2HO2P.Zr/c2*1-3-2;/h2*(H,1,2);/q;;+2/p-2. The minimum absolute atomic E-state index is 0. The Bertz CT molecular complexity index is 30.7. The van der Waals surface area contributed by atoms with Crippen LogP contribution in [0, 0.1) is 0 Å². The van der Waals surface area contributed by atoms with Crippen molar-refractivity contribution in [1.29, 1.82) is 0 Å². The normalized spacial score (nSPS) is 6.00. The second-order valence-corrected chi connectivity index (χ2v) is 0.447. The second-order valence-electron chi connectivity index (χ2n) is 0.149. The molecule has 0 aromatic carbocycles. The van der Waals surface area contributed by atoms with Crippen LogP contribution >= 0.6 is 17.4 Å². The van der Waals surface area contributed by atoms with E-state index in [0.717, 1.165) is 0 Å². The monoisotopic (exact) mass is 216 g/mol. The molecular formula is O4P2Zr. The molecule has 7 heteroatoms. The first kappa shape index (κ1) is 15.7. The maximum atomic E-state index is 8.35. The van der Waals surface area contributed by atoms with Gasteiger partial charge >= 0.3 is 26.2 Å². The zero-order valence-corrected chi connectivity index (χ0v) is 7.27. The average Bonchev–Trinajstić information content (AvgIpc) is 1.39. The molecule has 0 heterocycles. The van der Waals surface area contributed by atoms with Crippen LogP contribution in [0.15, 0.2) is 0 Å². The molecule has 4 nitrogen and oxygen atoms in total. The molecule has 0 atom stereocenters. The third kappa shape index (κ3) is 174. The molecule has 7 heavy (non-hydrogen) atoms. The maximum absolute atomic E-state index is 8.35. The van der Waals surface area contributed by atoms with Gasteiger partial charge < -0.3 is 9.79 Å². The molecule has 0 spiro atoms. The van der Waals surface area contributed by atoms with Gasteiger partial charge in [-0.05, 0) is 0 Å². The number of hydrogen-bond donors (Lipinski definition) is 0. The Morgan fingerprint density at radius 1 is 1.00 bits per heavy atom. The first-order chi connectivity index (χ1) is 2.83. The van der Waals surface area contributed by atoms with Crippen molar-refractivity contribution in [2.45, 2.75) is 0 Å². The molecule has 0 aliphatic rings. The molecule has 38 valence electrons. The van der Waals surface area contributed by atoms with Gasteiger partial charge in [0.15, 0.2) is 0 Å². The van der Waals surface area contributed by atoms with E-state index in [1.165, 1.54) is 0 Å². The van der Waals surface area contributed by atoms with Crippen molar-refractivity contribution < 1.29 is 45.1 Å². The molecule has 0 aliphatic carbocycles. The van der Waals surface area contributed by atoms with Crippen molar-refractivity contribution in [3.8, 4) is 0 Å². The van der Waals surface area contributed by atoms with Gasteiger partial charge in [0.25, 0.3) is 0 Å². The Morgan fingerprint density at radius 2 is 1.00 bits per heavy atom. The summed E-state index contributed by atoms with van der Waals surface area (Å²) in [6.45, 7) is 0. The minimum atomic E-state index is -1.08. The van der Waals surface area contributed by atoms with Gasteiger partial charge in [-0.15, -0.1) is 0 Å². The Balaban J connectivity index is -0.0000000400. The summed E-state index contributed by atoms with van der Waals surface area (Å²) >= 11 is 0. The Labute approximate surface area is 62.6 Å². The summed E-state index contributed by atoms with van der Waals surface area (Å²) < 4.78 is 16.7. The van der Waals surface area contributed by atoms with Gasteiger partial charge in [0.05, 0.1) is 17.4 Å². The van der Waals surface area contributed by atoms with Crippen LogP contribution in [0.25, 0.3) is 0 Å². The van der Waals surface area contributed by atoms with Gasteiger partial charge in [-0.1, -0.05) is 0 Å². The van der Waals surface area contributed by atoms with Gasteiger partial charge in [0, 0.05) is 0 Å². The van der Waals surface area contributed by atoms with Crippen LogP contribution in [0.5, 0.6) is 0 Å². The van der Waals surface area contributed by atoms with Crippen LogP contribution in [0.4, 0.5) is 0 Å². The molecule has 0 aromatic heterocycles. The van der Waals surface area contributed by atoms with Gasteiger partial charge in [-0.25, -0.2) is 0 Å². The van der Waals surface area contributed by atoms with Gasteiger partial charge in [0.2, 0.25) is 0 Å². The quantitative estimate of drug-likeness (QED) is 0.493. The Kier molecular flexibility index (Phi) is 62.7. The largest absolute Gasteiger partial charge is 2.00 e. The van der Waals surface area contributed by atoms with E-state index in [0.29, 0.717) is 0 Å². The SMILES string of the molecule is O=P[O-].O=P[O-].[Zr+2]. The third-order valence-electron chi connectivity index (χ3n) is 0. The molecule has 0 bridgehead atoms. The average molecular weight is 217 g/mol. The molecule has 0 amide bonds. The molecule has 0 fully saturated rings. The van der Waals surface area contributed by atoms with Crippen molar-refractivity contribution in [2.24, 2.45) is 0 Å². The summed E-state index contributed by atoms with van der Waals surface area (Å²) in [5, 5.41) is 0. The topological polar surface area (TPSA) is 80.3 Å². The number of rotatable bonds is 0. The molecule has 0 saturated carbocycles. The van der Waals surface area contributed by atoms with Crippen LogP contribution in [0.2, 0.25) is 0 Å². The van der Waals surface area contributed by atoms with Crippen LogP contribution in [-0.4, -0.2) is 0 Å². The van der Waals surface area contributed by atoms with Crippen LogP contribution < -0.4 is 9.79 Å². The third-order valence-corrected chi connectivity index (χ3v) is 0. The Hall–Kier alpha value is 1.00. The zero-order chi connectivity index (χ0) is 5.41. The van der Waals surface area contributed by atoms with E-state index in [9.17, 15) is 0 Å². The van der Waals surface area contributed by atoms with E-state index in [-0.39, 0.29) is 26.2 Å². The summed E-state index contributed by atoms with van der Waals surface area (Å²) in [4.78, 5) is 16.7. The van der Waals surface area contributed by atoms with E-state index < -0.39 is 17.4 Å². The van der Waals surface area contributed by atoms with Crippen molar-refractivity contribution in [3.63, 3.8) is 0 Å². The molecule has 0 rings (SSSR count). The summed E-state index contributed by atoms with van der Waals surface area (Å²) in [7, 11) is -2.17. The predicted octanol–water partition coefficient (Wildman–Crippen LogP) is -0.896. The fourth-order valence-electron chi connectivity index (χ4n) is 0. The molecule has 0 N–H and O–H groups in total. The van der Waals surface area contributed by atoms with Crippen molar-refractivity contribution in [2.75, 3.05) is 0 Å². The van der Waals surface area contributed by atoms with Crippen molar-refractivity contribution in [1.82, 2.24) is 0 Å². The van der Waals surface area contributed by atoms with E-state index in [4.69, 9.17) is 18.9 Å². The fraction of sp³-hybridized carbons (Fsp3) is 0. The van der Waals surface area contributed by atoms with E-state index in [2.05, 4.69) is 0 Å². The number of hydrogen-bond acceptors (Lipinski definition) is 4. The molecule has 0 saturated heterocycles. The zero-order valence-electron chi connectivity index (χ0n) is 3.03. The first-order valence-corrected chi connectivity index (χ1v) is 2.19. The van der Waals surface area contributed by atoms with Gasteiger partial charge in [0.1, 0.15) is 0 Å². The first-order valence-electron chi connectivity index (χ1n) is 0.730. The summed E-state index contributed by atoms with van der Waals surface area (Å²) in [6.07, 6.45) is 0. The van der Waals surface area contributed by atoms with E-state index >= 15 is 0 Å². The van der Waals surface area contributed by atoms with Gasteiger partial charge in [-0.3, -0.25) is 9.13 Å².